The molecule has 1 aliphatic heterocycles. The summed E-state index contributed by atoms with van der Waals surface area (Å²) in [5.74, 6) is 1.18. The number of rotatable bonds is 11. The van der Waals surface area contributed by atoms with Gasteiger partial charge in [0.1, 0.15) is 18.7 Å². The predicted octanol–water partition coefficient (Wildman–Crippen LogP) is 5.29. The van der Waals surface area contributed by atoms with Crippen LogP contribution in [0.4, 0.5) is 26.2 Å². The Bertz CT molecular complexity index is 897. The van der Waals surface area contributed by atoms with Crippen LogP contribution < -0.4 is 16.0 Å². The average molecular weight is 488 g/mol. The molecule has 1 aliphatic carbocycles. The first-order valence-electron chi connectivity index (χ1n) is 13.2. The number of halogens is 2. The fourth-order valence-electron chi connectivity index (χ4n) is 4.85. The average Bonchev–Trinajstić information content (AvgIpc) is 2.90. The molecule has 2 aromatic rings. The smallest absolute Gasteiger partial charge is 0.224 e. The van der Waals surface area contributed by atoms with Crippen molar-refractivity contribution in [2.75, 3.05) is 48.8 Å². The maximum absolute atomic E-state index is 13.7. The zero-order chi connectivity index (χ0) is 24.5. The Morgan fingerprint density at radius 3 is 2.46 bits per heavy atom. The molecule has 0 spiro atoms. The maximum Gasteiger partial charge on any atom is 0.224 e. The summed E-state index contributed by atoms with van der Waals surface area (Å²) < 4.78 is 26.3. The van der Waals surface area contributed by atoms with Crippen LogP contribution >= 0.6 is 0 Å². The number of pyridine rings is 1. The number of likely N-dealkylation sites (tertiary alicyclic amines) is 1. The second-order valence-corrected chi connectivity index (χ2v) is 9.70. The van der Waals surface area contributed by atoms with Crippen molar-refractivity contribution in [2.45, 2.75) is 76.5 Å². The predicted molar refractivity (Wildman–Crippen MR) is 138 cm³/mol. The van der Waals surface area contributed by atoms with Gasteiger partial charge in [0, 0.05) is 44.5 Å². The molecule has 1 saturated heterocycles. The minimum atomic E-state index is -0.925. The Morgan fingerprint density at radius 1 is 1.00 bits per heavy atom. The molecular weight excluding hydrogens is 448 g/mol. The Hall–Kier alpha value is -2.55. The number of alkyl halides is 2. The van der Waals surface area contributed by atoms with Crippen LogP contribution in [-0.4, -0.2) is 71.0 Å². The van der Waals surface area contributed by atoms with E-state index >= 15 is 0 Å². The number of piperidine rings is 1. The Kier molecular flexibility index (Phi) is 9.45. The van der Waals surface area contributed by atoms with Gasteiger partial charge in [-0.05, 0) is 44.2 Å². The van der Waals surface area contributed by atoms with Crippen LogP contribution in [0.25, 0.3) is 11.3 Å². The maximum atomic E-state index is 13.7. The highest BCUT2D eigenvalue weighted by Crippen LogP contribution is 2.29. The van der Waals surface area contributed by atoms with Gasteiger partial charge < -0.3 is 20.9 Å². The summed E-state index contributed by atoms with van der Waals surface area (Å²) in [5, 5.41) is 10.2. The highest BCUT2D eigenvalue weighted by Gasteiger charge is 2.20. The third kappa shape index (κ3) is 7.46. The van der Waals surface area contributed by atoms with Gasteiger partial charge in [0.15, 0.2) is 0 Å². The molecule has 7 nitrogen and oxygen atoms in total. The number of hydrogen-bond donors (Lipinski definition) is 3. The lowest BCUT2D eigenvalue weighted by atomic mass is 9.95. The molecule has 9 heteroatoms. The number of hydrogen-bond acceptors (Lipinski definition) is 7. The number of nitrogens with zero attached hydrogens (tertiary/aromatic N) is 4. The molecule has 0 amide bonds. The molecule has 0 aromatic carbocycles. The molecule has 192 valence electrons. The quantitative estimate of drug-likeness (QED) is 0.398. The van der Waals surface area contributed by atoms with Gasteiger partial charge in [-0.25, -0.2) is 13.8 Å². The standard InChI is InChI=1S/C26H39F2N7/c1-2-19(28)16-30-26-31-18-23(25(34-26)33-20-6-4-3-5-7-20)24-9-8-22(17-29-24)32-21-10-13-35(14-11-21)15-12-27/h8-9,17-21,32H,2-7,10-16H2,1H3,(H2,30,31,33,34). The molecule has 4 rings (SSSR count). The van der Waals surface area contributed by atoms with Crippen LogP contribution in [0, 0.1) is 0 Å². The third-order valence-corrected chi connectivity index (χ3v) is 7.06. The van der Waals surface area contributed by atoms with Crippen LogP contribution in [-0.2, 0) is 0 Å². The van der Waals surface area contributed by atoms with Crippen LogP contribution in [0.15, 0.2) is 24.5 Å². The lowest BCUT2D eigenvalue weighted by molar-refractivity contribution is 0.203. The van der Waals surface area contributed by atoms with Gasteiger partial charge >= 0.3 is 0 Å². The van der Waals surface area contributed by atoms with Gasteiger partial charge in [0.05, 0.1) is 23.1 Å². The molecule has 1 saturated carbocycles. The van der Waals surface area contributed by atoms with E-state index in [9.17, 15) is 8.78 Å². The van der Waals surface area contributed by atoms with Crippen molar-refractivity contribution < 1.29 is 8.78 Å². The van der Waals surface area contributed by atoms with E-state index in [4.69, 9.17) is 9.97 Å². The molecule has 0 bridgehead atoms. The van der Waals surface area contributed by atoms with Gasteiger partial charge in [0.25, 0.3) is 0 Å². The Balaban J connectivity index is 1.44. The fraction of sp³-hybridized carbons (Fsp3) is 0.654. The minimum Gasteiger partial charge on any atom is -0.381 e. The van der Waals surface area contributed by atoms with E-state index in [1.807, 2.05) is 25.3 Å². The first kappa shape index (κ1) is 25.5. The molecule has 3 N–H and O–H groups in total. The summed E-state index contributed by atoms with van der Waals surface area (Å²) in [7, 11) is 0. The molecule has 0 radical (unpaired) electrons. The van der Waals surface area contributed by atoms with Crippen molar-refractivity contribution in [1.82, 2.24) is 19.9 Å². The summed E-state index contributed by atoms with van der Waals surface area (Å²) in [5.41, 5.74) is 2.63. The SMILES string of the molecule is CCC(F)CNc1ncc(-c2ccc(NC3CCN(CCF)CC3)cn2)c(NC2CCCCC2)n1. The second kappa shape index (κ2) is 13.0. The summed E-state index contributed by atoms with van der Waals surface area (Å²) in [4.78, 5) is 16.0. The van der Waals surface area contributed by atoms with Crippen molar-refractivity contribution in [3.63, 3.8) is 0 Å². The molecule has 1 atom stereocenters. The van der Waals surface area contributed by atoms with Crippen molar-refractivity contribution in [3.8, 4) is 11.3 Å². The van der Waals surface area contributed by atoms with E-state index < -0.39 is 6.17 Å². The Morgan fingerprint density at radius 2 is 1.77 bits per heavy atom. The molecule has 35 heavy (non-hydrogen) atoms. The normalized spacial score (nSPS) is 18.8. The van der Waals surface area contributed by atoms with Crippen LogP contribution in [0.3, 0.4) is 0 Å². The molecule has 2 fully saturated rings. The highest BCUT2D eigenvalue weighted by atomic mass is 19.1. The Labute approximate surface area is 207 Å². The number of nitrogens with one attached hydrogen (secondary N) is 3. The minimum absolute atomic E-state index is 0.198. The van der Waals surface area contributed by atoms with Crippen LogP contribution in [0.1, 0.15) is 58.3 Å². The summed E-state index contributed by atoms with van der Waals surface area (Å²) in [6.45, 7) is 4.11. The summed E-state index contributed by atoms with van der Waals surface area (Å²) in [6.07, 6.45) is 11.1. The first-order valence-corrected chi connectivity index (χ1v) is 13.2. The van der Waals surface area contributed by atoms with Crippen molar-refractivity contribution in [3.05, 3.63) is 24.5 Å². The van der Waals surface area contributed by atoms with Gasteiger partial charge in [-0.2, -0.15) is 4.98 Å². The molecule has 2 aromatic heterocycles. The first-order chi connectivity index (χ1) is 17.1. The number of aromatic nitrogens is 3. The number of anilines is 3. The summed E-state index contributed by atoms with van der Waals surface area (Å²) in [6, 6.07) is 4.78. The monoisotopic (exact) mass is 487 g/mol. The van der Waals surface area contributed by atoms with E-state index in [2.05, 4.69) is 25.8 Å². The van der Waals surface area contributed by atoms with Crippen molar-refractivity contribution in [2.24, 2.45) is 0 Å². The van der Waals surface area contributed by atoms with Crippen LogP contribution in [0.2, 0.25) is 0 Å². The zero-order valence-electron chi connectivity index (χ0n) is 20.8. The van der Waals surface area contributed by atoms with Crippen molar-refractivity contribution >= 4 is 17.5 Å². The summed E-state index contributed by atoms with van der Waals surface area (Å²) >= 11 is 0. The largest absolute Gasteiger partial charge is 0.381 e. The fourth-order valence-corrected chi connectivity index (χ4v) is 4.85. The third-order valence-electron chi connectivity index (χ3n) is 7.06. The molecule has 1 unspecified atom stereocenters. The molecule has 3 heterocycles. The van der Waals surface area contributed by atoms with Crippen LogP contribution in [0.5, 0.6) is 0 Å². The van der Waals surface area contributed by atoms with E-state index in [1.54, 1.807) is 6.20 Å². The zero-order valence-corrected chi connectivity index (χ0v) is 20.8. The van der Waals surface area contributed by atoms with Gasteiger partial charge in [0.2, 0.25) is 5.95 Å². The second-order valence-electron chi connectivity index (χ2n) is 9.70. The lowest BCUT2D eigenvalue weighted by Crippen LogP contribution is -2.40. The lowest BCUT2D eigenvalue weighted by Gasteiger charge is -2.32. The van der Waals surface area contributed by atoms with E-state index in [-0.39, 0.29) is 13.2 Å². The van der Waals surface area contributed by atoms with E-state index in [0.29, 0.717) is 31.0 Å². The topological polar surface area (TPSA) is 78.0 Å². The van der Waals surface area contributed by atoms with E-state index in [1.165, 1.54) is 19.3 Å². The highest BCUT2D eigenvalue weighted by molar-refractivity contribution is 5.73. The molecule has 2 aliphatic rings. The van der Waals surface area contributed by atoms with E-state index in [0.717, 1.165) is 61.5 Å². The van der Waals surface area contributed by atoms with Gasteiger partial charge in [-0.3, -0.25) is 4.98 Å². The van der Waals surface area contributed by atoms with Gasteiger partial charge in [-0.15, -0.1) is 0 Å². The van der Waals surface area contributed by atoms with Gasteiger partial charge in [-0.1, -0.05) is 26.2 Å². The van der Waals surface area contributed by atoms with Crippen molar-refractivity contribution in [1.29, 1.82) is 0 Å². The molecular formula is C26H39F2N7.